The zero-order valence-corrected chi connectivity index (χ0v) is 11.9. The molecule has 1 aromatic rings. The Morgan fingerprint density at radius 3 is 2.83 bits per heavy atom. The van der Waals surface area contributed by atoms with E-state index >= 15 is 0 Å². The van der Waals surface area contributed by atoms with E-state index in [4.69, 9.17) is 6.42 Å². The van der Waals surface area contributed by atoms with Crippen molar-refractivity contribution in [2.75, 3.05) is 18.1 Å². The quantitative estimate of drug-likeness (QED) is 0.623. The van der Waals surface area contributed by atoms with E-state index in [9.17, 15) is 4.79 Å². The summed E-state index contributed by atoms with van der Waals surface area (Å²) < 4.78 is 0. The molecule has 0 saturated carbocycles. The molecule has 1 aliphatic heterocycles. The Bertz CT molecular complexity index is 464. The van der Waals surface area contributed by atoms with Gasteiger partial charge < -0.3 is 4.90 Å². The maximum atomic E-state index is 11.7. The van der Waals surface area contributed by atoms with E-state index in [1.165, 1.54) is 4.90 Å². The number of carbonyl (C=O) groups is 1. The van der Waals surface area contributed by atoms with Gasteiger partial charge in [0.15, 0.2) is 0 Å². The van der Waals surface area contributed by atoms with Gasteiger partial charge in [-0.15, -0.1) is 29.9 Å². The lowest BCUT2D eigenvalue weighted by Crippen LogP contribution is -2.28. The molecule has 2 nitrogen and oxygen atoms in total. The van der Waals surface area contributed by atoms with Gasteiger partial charge in [-0.05, 0) is 23.4 Å². The molecule has 1 aliphatic rings. The second kappa shape index (κ2) is 6.21. The van der Waals surface area contributed by atoms with E-state index in [0.717, 1.165) is 11.3 Å². The fraction of sp³-hybridized carbons (Fsp3) is 0.357. The monoisotopic (exact) mass is 277 g/mol. The number of thioether (sulfide) groups is 2. The number of nitrogens with zero attached hydrogens (tertiary/aromatic N) is 1. The Morgan fingerprint density at radius 1 is 1.50 bits per heavy atom. The SMILES string of the molecule is C#CCN1C(=O)CSC1c1ccc(SCC)cc1. The summed E-state index contributed by atoms with van der Waals surface area (Å²) in [6, 6.07) is 8.41. The number of terminal acetylenes is 1. The van der Waals surface area contributed by atoms with Gasteiger partial charge in [-0.2, -0.15) is 0 Å². The summed E-state index contributed by atoms with van der Waals surface area (Å²) in [4.78, 5) is 14.8. The second-order valence-corrected chi connectivity index (χ2v) is 6.30. The van der Waals surface area contributed by atoms with Gasteiger partial charge in [0.05, 0.1) is 12.3 Å². The van der Waals surface area contributed by atoms with Gasteiger partial charge in [-0.3, -0.25) is 4.79 Å². The van der Waals surface area contributed by atoms with Crippen LogP contribution >= 0.6 is 23.5 Å². The van der Waals surface area contributed by atoms with Crippen molar-refractivity contribution in [1.29, 1.82) is 0 Å². The molecule has 1 atom stereocenters. The van der Waals surface area contributed by atoms with Gasteiger partial charge in [-0.1, -0.05) is 25.0 Å². The van der Waals surface area contributed by atoms with Crippen LogP contribution in [-0.2, 0) is 4.79 Å². The van der Waals surface area contributed by atoms with Crippen LogP contribution in [0.2, 0.25) is 0 Å². The summed E-state index contributed by atoms with van der Waals surface area (Å²) in [5, 5.41) is 0.0780. The molecule has 0 aromatic heterocycles. The zero-order chi connectivity index (χ0) is 13.0. The number of benzene rings is 1. The van der Waals surface area contributed by atoms with Crippen LogP contribution in [0.4, 0.5) is 0 Å². The maximum absolute atomic E-state index is 11.7. The third-order valence-electron chi connectivity index (χ3n) is 2.71. The topological polar surface area (TPSA) is 20.3 Å². The highest BCUT2D eigenvalue weighted by molar-refractivity contribution is 8.00. The van der Waals surface area contributed by atoms with Crippen molar-refractivity contribution in [2.24, 2.45) is 0 Å². The van der Waals surface area contributed by atoms with E-state index in [2.05, 4.69) is 37.1 Å². The number of hydrogen-bond acceptors (Lipinski definition) is 3. The van der Waals surface area contributed by atoms with Gasteiger partial charge in [0.1, 0.15) is 5.37 Å². The molecular formula is C14H15NOS2. The van der Waals surface area contributed by atoms with Crippen LogP contribution < -0.4 is 0 Å². The fourth-order valence-corrected chi connectivity index (χ4v) is 3.74. The van der Waals surface area contributed by atoms with Crippen LogP contribution in [-0.4, -0.2) is 28.9 Å². The fourth-order valence-electron chi connectivity index (χ4n) is 1.89. The minimum atomic E-state index is 0.0780. The van der Waals surface area contributed by atoms with Crippen LogP contribution in [0, 0.1) is 12.3 Å². The number of rotatable bonds is 4. The van der Waals surface area contributed by atoms with E-state index in [-0.39, 0.29) is 11.3 Å². The average molecular weight is 277 g/mol. The molecule has 1 saturated heterocycles. The van der Waals surface area contributed by atoms with Crippen LogP contribution in [0.1, 0.15) is 17.9 Å². The van der Waals surface area contributed by atoms with Gasteiger partial charge in [0.25, 0.3) is 0 Å². The van der Waals surface area contributed by atoms with Crippen LogP contribution in [0.15, 0.2) is 29.2 Å². The van der Waals surface area contributed by atoms with E-state index in [1.54, 1.807) is 16.7 Å². The average Bonchev–Trinajstić information content (AvgIpc) is 2.73. The first-order chi connectivity index (χ1) is 8.76. The minimum absolute atomic E-state index is 0.0780. The molecule has 4 heteroatoms. The summed E-state index contributed by atoms with van der Waals surface area (Å²) in [6.07, 6.45) is 5.32. The number of amides is 1. The number of hydrogen-bond donors (Lipinski definition) is 0. The van der Waals surface area contributed by atoms with Crippen LogP contribution in [0.5, 0.6) is 0 Å². The molecule has 94 valence electrons. The minimum Gasteiger partial charge on any atom is -0.315 e. The molecule has 0 N–H and O–H groups in total. The van der Waals surface area contributed by atoms with Crippen molar-refractivity contribution in [2.45, 2.75) is 17.2 Å². The molecule has 0 aliphatic carbocycles. The largest absolute Gasteiger partial charge is 0.315 e. The number of carbonyl (C=O) groups excluding carboxylic acids is 1. The van der Waals surface area contributed by atoms with E-state index in [0.29, 0.717) is 12.3 Å². The Hall–Kier alpha value is -1.05. The Balaban J connectivity index is 2.15. The molecule has 18 heavy (non-hydrogen) atoms. The predicted octanol–water partition coefficient (Wildman–Crippen LogP) is 3.01. The smallest absolute Gasteiger partial charge is 0.234 e. The molecule has 1 heterocycles. The standard InChI is InChI=1S/C14H15NOS2/c1-3-9-15-13(16)10-18-14(15)11-5-7-12(8-6-11)17-4-2/h1,5-8,14H,4,9-10H2,2H3. The van der Waals surface area contributed by atoms with Crippen molar-refractivity contribution < 1.29 is 4.79 Å². The van der Waals surface area contributed by atoms with Crippen molar-refractivity contribution in [3.8, 4) is 12.3 Å². The van der Waals surface area contributed by atoms with Crippen molar-refractivity contribution in [1.82, 2.24) is 4.90 Å². The molecule has 2 rings (SSSR count). The summed E-state index contributed by atoms with van der Waals surface area (Å²) in [5.74, 6) is 4.29. The van der Waals surface area contributed by atoms with Gasteiger partial charge in [0, 0.05) is 4.90 Å². The molecule has 0 bridgehead atoms. The highest BCUT2D eigenvalue weighted by atomic mass is 32.2. The third-order valence-corrected chi connectivity index (χ3v) is 4.86. The second-order valence-electron chi connectivity index (χ2n) is 3.89. The lowest BCUT2D eigenvalue weighted by molar-refractivity contribution is -0.127. The normalized spacial score (nSPS) is 19.0. The van der Waals surface area contributed by atoms with E-state index in [1.807, 2.05) is 11.8 Å². The van der Waals surface area contributed by atoms with Crippen molar-refractivity contribution >= 4 is 29.4 Å². The first kappa shape index (κ1) is 13.4. The summed E-state index contributed by atoms with van der Waals surface area (Å²) in [6.45, 7) is 2.53. The summed E-state index contributed by atoms with van der Waals surface area (Å²) in [7, 11) is 0. The van der Waals surface area contributed by atoms with Crippen molar-refractivity contribution in [3.63, 3.8) is 0 Å². The Labute approximate surface area is 117 Å². The Morgan fingerprint density at radius 2 is 2.22 bits per heavy atom. The summed E-state index contributed by atoms with van der Waals surface area (Å²) >= 11 is 3.46. The highest BCUT2D eigenvalue weighted by Gasteiger charge is 2.31. The zero-order valence-electron chi connectivity index (χ0n) is 10.3. The first-order valence-corrected chi connectivity index (χ1v) is 7.87. The Kier molecular flexibility index (Phi) is 4.62. The van der Waals surface area contributed by atoms with Gasteiger partial charge >= 0.3 is 0 Å². The summed E-state index contributed by atoms with van der Waals surface area (Å²) in [5.41, 5.74) is 1.15. The lowest BCUT2D eigenvalue weighted by atomic mass is 10.2. The third kappa shape index (κ3) is 2.85. The first-order valence-electron chi connectivity index (χ1n) is 5.83. The van der Waals surface area contributed by atoms with Crippen LogP contribution in [0.25, 0.3) is 0 Å². The van der Waals surface area contributed by atoms with Gasteiger partial charge in [-0.25, -0.2) is 0 Å². The van der Waals surface area contributed by atoms with Crippen LogP contribution in [0.3, 0.4) is 0 Å². The van der Waals surface area contributed by atoms with Gasteiger partial charge in [0.2, 0.25) is 5.91 Å². The molecule has 1 unspecified atom stereocenters. The molecule has 1 fully saturated rings. The molecule has 1 amide bonds. The molecule has 0 radical (unpaired) electrons. The predicted molar refractivity (Wildman–Crippen MR) is 78.6 cm³/mol. The molecular weight excluding hydrogens is 262 g/mol. The molecule has 1 aromatic carbocycles. The lowest BCUT2D eigenvalue weighted by Gasteiger charge is -2.22. The van der Waals surface area contributed by atoms with E-state index < -0.39 is 0 Å². The highest BCUT2D eigenvalue weighted by Crippen LogP contribution is 2.38. The molecule has 0 spiro atoms. The van der Waals surface area contributed by atoms with Crippen molar-refractivity contribution in [3.05, 3.63) is 29.8 Å². The maximum Gasteiger partial charge on any atom is 0.234 e.